The maximum atomic E-state index is 12.1. The maximum Gasteiger partial charge on any atom is 0.407 e. The molecule has 4 rings (SSSR count). The zero-order valence-electron chi connectivity index (χ0n) is 15.7. The normalized spacial score (nSPS) is 22.5. The van der Waals surface area contributed by atoms with Crippen LogP contribution in [0.5, 0.6) is 0 Å². The van der Waals surface area contributed by atoms with Crippen molar-refractivity contribution in [3.63, 3.8) is 0 Å². The summed E-state index contributed by atoms with van der Waals surface area (Å²) in [6, 6.07) is 1.99. The Bertz CT molecular complexity index is 835. The molecule has 9 heteroatoms. The number of carbonyl (C=O) groups is 2. The predicted octanol–water partition coefficient (Wildman–Crippen LogP) is 2.61. The van der Waals surface area contributed by atoms with Gasteiger partial charge < -0.3 is 15.4 Å². The van der Waals surface area contributed by atoms with Gasteiger partial charge in [0.15, 0.2) is 5.82 Å². The molecule has 2 aromatic rings. The van der Waals surface area contributed by atoms with Crippen LogP contribution in [0.3, 0.4) is 0 Å². The fourth-order valence-corrected chi connectivity index (χ4v) is 3.62. The largest absolute Gasteiger partial charge is 0.446 e. The van der Waals surface area contributed by atoms with Gasteiger partial charge in [0.05, 0.1) is 6.20 Å². The third-order valence-corrected chi connectivity index (χ3v) is 5.41. The summed E-state index contributed by atoms with van der Waals surface area (Å²) in [6.07, 6.45) is 8.77. The van der Waals surface area contributed by atoms with Gasteiger partial charge in [-0.25, -0.2) is 9.78 Å². The molecule has 2 aliphatic carbocycles. The molecule has 0 aromatic carbocycles. The molecule has 0 unspecified atom stereocenters. The molecular formula is C19H24N6O3. The van der Waals surface area contributed by atoms with Gasteiger partial charge in [0.1, 0.15) is 11.8 Å². The summed E-state index contributed by atoms with van der Waals surface area (Å²) in [5.74, 6) is 0.893. The second kappa shape index (κ2) is 7.95. The summed E-state index contributed by atoms with van der Waals surface area (Å²) in [6.45, 7) is 2.03. The zero-order valence-corrected chi connectivity index (χ0v) is 15.7. The molecule has 2 saturated carbocycles. The van der Waals surface area contributed by atoms with Crippen LogP contribution in [0.1, 0.15) is 61.1 Å². The summed E-state index contributed by atoms with van der Waals surface area (Å²) >= 11 is 0. The summed E-state index contributed by atoms with van der Waals surface area (Å²) < 4.78 is 5.57. The Morgan fingerprint density at radius 3 is 2.86 bits per heavy atom. The number of nitrogens with one attached hydrogen (secondary N) is 3. The average molecular weight is 384 g/mol. The van der Waals surface area contributed by atoms with Crippen LogP contribution in [0.4, 0.5) is 10.6 Å². The molecule has 0 spiro atoms. The van der Waals surface area contributed by atoms with E-state index in [-0.39, 0.29) is 35.8 Å². The van der Waals surface area contributed by atoms with Gasteiger partial charge in [0.2, 0.25) is 0 Å². The Morgan fingerprint density at radius 1 is 1.25 bits per heavy atom. The summed E-state index contributed by atoms with van der Waals surface area (Å²) in [5, 5.41) is 12.8. The lowest BCUT2D eigenvalue weighted by Crippen LogP contribution is -2.36. The lowest BCUT2D eigenvalue weighted by molar-refractivity contribution is 0.0966. The highest BCUT2D eigenvalue weighted by atomic mass is 16.6. The lowest BCUT2D eigenvalue weighted by Gasteiger charge is -2.16. The van der Waals surface area contributed by atoms with Crippen molar-refractivity contribution in [1.82, 2.24) is 25.5 Å². The van der Waals surface area contributed by atoms with Crippen LogP contribution in [-0.2, 0) is 4.74 Å². The van der Waals surface area contributed by atoms with E-state index in [1.54, 1.807) is 0 Å². The Labute approximate surface area is 162 Å². The third-order valence-electron chi connectivity index (χ3n) is 5.41. The van der Waals surface area contributed by atoms with Gasteiger partial charge in [0.25, 0.3) is 5.91 Å². The van der Waals surface area contributed by atoms with E-state index in [1.165, 1.54) is 31.4 Å². The first-order chi connectivity index (χ1) is 13.6. The number of hydrogen-bond donors (Lipinski definition) is 3. The molecule has 9 nitrogen and oxygen atoms in total. The molecule has 0 aliphatic heterocycles. The number of nitrogens with zero attached hydrogens (tertiary/aromatic N) is 3. The molecule has 3 atom stereocenters. The first-order valence-electron chi connectivity index (χ1n) is 9.68. The molecule has 0 radical (unpaired) electrons. The molecule has 28 heavy (non-hydrogen) atoms. The number of aromatic amines is 1. The average Bonchev–Trinajstić information content (AvgIpc) is 3.28. The molecule has 148 valence electrons. The van der Waals surface area contributed by atoms with Crippen molar-refractivity contribution in [2.24, 2.45) is 5.92 Å². The molecule has 3 N–H and O–H groups in total. The second-order valence-electron chi connectivity index (χ2n) is 7.56. The lowest BCUT2D eigenvalue weighted by atomic mass is 10.0. The maximum absolute atomic E-state index is 12.1. The van der Waals surface area contributed by atoms with Gasteiger partial charge in [-0.3, -0.25) is 14.9 Å². The topological polar surface area (TPSA) is 122 Å². The van der Waals surface area contributed by atoms with Gasteiger partial charge >= 0.3 is 6.09 Å². The summed E-state index contributed by atoms with van der Waals surface area (Å²) in [4.78, 5) is 32.0. The number of H-pyrrole nitrogens is 1. The van der Waals surface area contributed by atoms with Crippen molar-refractivity contribution in [3.8, 4) is 0 Å². The number of rotatable bonds is 6. The Morgan fingerprint density at radius 2 is 2.11 bits per heavy atom. The van der Waals surface area contributed by atoms with Crippen LogP contribution in [0.2, 0.25) is 0 Å². The number of amides is 2. The van der Waals surface area contributed by atoms with Gasteiger partial charge in [0, 0.05) is 36.1 Å². The Balaban J connectivity index is 1.27. The number of carbonyl (C=O) groups excluding carboxylic acids is 2. The molecular weight excluding hydrogens is 360 g/mol. The standard InChI is InChI=1S/C19H24N6O3/c1-11(12-2-3-12)22-19(27)28-14-5-4-13(8-14)15-9-17(25-24-15)23-18(26)16-10-20-6-7-21-16/h6-7,9-14H,2-5,8H2,1H3,(H,22,27)(H2,23,24,25,26)/t11-,13+,14-/m1/s1. The van der Waals surface area contributed by atoms with Gasteiger partial charge in [-0.05, 0) is 44.9 Å². The van der Waals surface area contributed by atoms with Gasteiger partial charge in [-0.2, -0.15) is 5.10 Å². The van der Waals surface area contributed by atoms with Crippen LogP contribution in [0, 0.1) is 5.92 Å². The van der Waals surface area contributed by atoms with Crippen molar-refractivity contribution >= 4 is 17.8 Å². The van der Waals surface area contributed by atoms with E-state index in [4.69, 9.17) is 4.74 Å². The van der Waals surface area contributed by atoms with E-state index in [1.807, 2.05) is 13.0 Å². The van der Waals surface area contributed by atoms with E-state index in [9.17, 15) is 9.59 Å². The van der Waals surface area contributed by atoms with Crippen LogP contribution in [0.25, 0.3) is 0 Å². The van der Waals surface area contributed by atoms with Crippen LogP contribution >= 0.6 is 0 Å². The van der Waals surface area contributed by atoms with Gasteiger partial charge in [-0.15, -0.1) is 0 Å². The minimum Gasteiger partial charge on any atom is -0.446 e. The monoisotopic (exact) mass is 384 g/mol. The molecule has 2 fully saturated rings. The Hall–Kier alpha value is -2.97. The van der Waals surface area contributed by atoms with E-state index < -0.39 is 0 Å². The predicted molar refractivity (Wildman–Crippen MR) is 101 cm³/mol. The quantitative estimate of drug-likeness (QED) is 0.704. The molecule has 2 aliphatic rings. The number of aromatic nitrogens is 4. The van der Waals surface area contributed by atoms with Gasteiger partial charge in [-0.1, -0.05) is 0 Å². The highest BCUT2D eigenvalue weighted by Gasteiger charge is 2.32. The summed E-state index contributed by atoms with van der Waals surface area (Å²) in [5.41, 5.74) is 1.15. The number of hydrogen-bond acceptors (Lipinski definition) is 6. The van der Waals surface area contributed by atoms with Crippen LogP contribution in [0.15, 0.2) is 24.7 Å². The molecule has 2 heterocycles. The fourth-order valence-electron chi connectivity index (χ4n) is 3.62. The van der Waals surface area contributed by atoms with E-state index >= 15 is 0 Å². The van der Waals surface area contributed by atoms with E-state index in [0.717, 1.165) is 25.0 Å². The zero-order chi connectivity index (χ0) is 19.5. The smallest absolute Gasteiger partial charge is 0.407 e. The van der Waals surface area contributed by atoms with Crippen molar-refractivity contribution in [2.45, 2.75) is 57.1 Å². The SMILES string of the molecule is C[C@@H](NC(=O)O[C@@H]1CC[C@H](c2cc(NC(=O)c3cnccn3)n[nH]2)C1)C1CC1. The molecule has 0 saturated heterocycles. The first-order valence-corrected chi connectivity index (χ1v) is 9.68. The highest BCUT2D eigenvalue weighted by molar-refractivity contribution is 6.02. The molecule has 2 amide bonds. The van der Waals surface area contributed by atoms with E-state index in [0.29, 0.717) is 11.7 Å². The molecule has 0 bridgehead atoms. The minimum absolute atomic E-state index is 0.0997. The Kier molecular flexibility index (Phi) is 5.23. The van der Waals surface area contributed by atoms with Crippen molar-refractivity contribution in [3.05, 3.63) is 36.0 Å². The third kappa shape index (κ3) is 4.47. The van der Waals surface area contributed by atoms with Crippen molar-refractivity contribution < 1.29 is 14.3 Å². The van der Waals surface area contributed by atoms with Crippen molar-refractivity contribution in [2.75, 3.05) is 5.32 Å². The summed E-state index contributed by atoms with van der Waals surface area (Å²) in [7, 11) is 0. The highest BCUT2D eigenvalue weighted by Crippen LogP contribution is 2.36. The van der Waals surface area contributed by atoms with Crippen LogP contribution < -0.4 is 10.6 Å². The minimum atomic E-state index is -0.361. The van der Waals surface area contributed by atoms with Crippen LogP contribution in [-0.4, -0.2) is 44.3 Å². The van der Waals surface area contributed by atoms with Crippen molar-refractivity contribution in [1.29, 1.82) is 0 Å². The number of alkyl carbamates (subject to hydrolysis) is 1. The number of ether oxygens (including phenoxy) is 1. The second-order valence-corrected chi connectivity index (χ2v) is 7.56. The molecule has 2 aromatic heterocycles. The fraction of sp³-hybridized carbons (Fsp3) is 0.526. The van der Waals surface area contributed by atoms with E-state index in [2.05, 4.69) is 30.8 Å². The number of anilines is 1. The first kappa shape index (κ1) is 18.4.